The number of carbonyl (C=O) groups is 2. The SMILES string of the molecule is COc1cc(CN(CC(=O)O)CC(=O)O)cc([N+](=O)[O-])c1. The number of non-ortho nitro benzene ring substituents is 1. The van der Waals surface area contributed by atoms with Gasteiger partial charge in [0.2, 0.25) is 0 Å². The number of nitro groups is 1. The number of benzene rings is 1. The van der Waals surface area contributed by atoms with Crippen molar-refractivity contribution < 1.29 is 29.5 Å². The molecule has 0 radical (unpaired) electrons. The summed E-state index contributed by atoms with van der Waals surface area (Å²) in [6.07, 6.45) is 0. The Bertz CT molecular complexity index is 543. The Morgan fingerprint density at radius 2 is 1.81 bits per heavy atom. The van der Waals surface area contributed by atoms with Crippen LogP contribution in [0, 0.1) is 10.1 Å². The van der Waals surface area contributed by atoms with Crippen molar-refractivity contribution in [2.45, 2.75) is 6.54 Å². The van der Waals surface area contributed by atoms with E-state index in [1.165, 1.54) is 25.3 Å². The van der Waals surface area contributed by atoms with Gasteiger partial charge in [-0.05, 0) is 11.6 Å². The predicted molar refractivity (Wildman–Crippen MR) is 70.2 cm³/mol. The zero-order valence-corrected chi connectivity index (χ0v) is 11.2. The first-order valence-electron chi connectivity index (χ1n) is 5.80. The Kier molecular flexibility index (Phi) is 5.61. The quantitative estimate of drug-likeness (QED) is 0.526. The maximum atomic E-state index is 10.8. The van der Waals surface area contributed by atoms with Gasteiger partial charge in [0.05, 0.1) is 31.2 Å². The summed E-state index contributed by atoms with van der Waals surface area (Å²) in [5, 5.41) is 28.3. The van der Waals surface area contributed by atoms with Crippen molar-refractivity contribution >= 4 is 17.6 Å². The highest BCUT2D eigenvalue weighted by atomic mass is 16.6. The van der Waals surface area contributed by atoms with E-state index in [1.54, 1.807) is 0 Å². The van der Waals surface area contributed by atoms with Crippen molar-refractivity contribution in [3.63, 3.8) is 0 Å². The van der Waals surface area contributed by atoms with E-state index < -0.39 is 30.0 Å². The van der Waals surface area contributed by atoms with E-state index in [1.807, 2.05) is 0 Å². The monoisotopic (exact) mass is 298 g/mol. The molecule has 0 aliphatic rings. The number of methoxy groups -OCH3 is 1. The number of carboxylic acids is 2. The topological polar surface area (TPSA) is 130 Å². The Morgan fingerprint density at radius 1 is 1.24 bits per heavy atom. The van der Waals surface area contributed by atoms with Gasteiger partial charge in [0, 0.05) is 12.6 Å². The minimum Gasteiger partial charge on any atom is -0.496 e. The van der Waals surface area contributed by atoms with E-state index >= 15 is 0 Å². The number of aliphatic carboxylic acids is 2. The van der Waals surface area contributed by atoms with Crippen molar-refractivity contribution in [1.82, 2.24) is 4.90 Å². The van der Waals surface area contributed by atoms with Crippen LogP contribution in [0.4, 0.5) is 5.69 Å². The van der Waals surface area contributed by atoms with Gasteiger partial charge in [0.25, 0.3) is 5.69 Å². The molecule has 0 saturated carbocycles. The molecule has 1 aromatic rings. The zero-order valence-electron chi connectivity index (χ0n) is 11.2. The molecule has 0 saturated heterocycles. The van der Waals surface area contributed by atoms with Crippen molar-refractivity contribution in [2.24, 2.45) is 0 Å². The largest absolute Gasteiger partial charge is 0.496 e. The zero-order chi connectivity index (χ0) is 16.0. The maximum absolute atomic E-state index is 10.8. The van der Waals surface area contributed by atoms with Crippen LogP contribution in [0.25, 0.3) is 0 Å². The smallest absolute Gasteiger partial charge is 0.317 e. The van der Waals surface area contributed by atoms with E-state index in [0.29, 0.717) is 5.56 Å². The van der Waals surface area contributed by atoms with Crippen LogP contribution in [0.15, 0.2) is 18.2 Å². The third kappa shape index (κ3) is 5.45. The van der Waals surface area contributed by atoms with Crippen LogP contribution >= 0.6 is 0 Å². The molecule has 0 fully saturated rings. The van der Waals surface area contributed by atoms with Gasteiger partial charge in [0.1, 0.15) is 5.75 Å². The van der Waals surface area contributed by atoms with Gasteiger partial charge in [-0.3, -0.25) is 24.6 Å². The number of ether oxygens (including phenoxy) is 1. The van der Waals surface area contributed by atoms with Gasteiger partial charge >= 0.3 is 11.9 Å². The molecule has 114 valence electrons. The number of rotatable bonds is 8. The number of nitrogens with zero attached hydrogens (tertiary/aromatic N) is 2. The fourth-order valence-electron chi connectivity index (χ4n) is 1.77. The number of carboxylic acid groups (broad SMARTS) is 2. The van der Waals surface area contributed by atoms with Gasteiger partial charge in [0.15, 0.2) is 0 Å². The maximum Gasteiger partial charge on any atom is 0.317 e. The molecule has 0 aliphatic heterocycles. The summed E-state index contributed by atoms with van der Waals surface area (Å²) in [5.41, 5.74) is 0.179. The van der Waals surface area contributed by atoms with E-state index in [-0.39, 0.29) is 18.0 Å². The minimum atomic E-state index is -1.19. The first-order chi connectivity index (χ1) is 9.81. The highest BCUT2D eigenvalue weighted by Gasteiger charge is 2.17. The molecule has 0 aromatic heterocycles. The summed E-state index contributed by atoms with van der Waals surface area (Å²) in [5.74, 6) is -2.13. The van der Waals surface area contributed by atoms with Crippen LogP contribution in [0.5, 0.6) is 5.75 Å². The van der Waals surface area contributed by atoms with E-state index in [4.69, 9.17) is 14.9 Å². The van der Waals surface area contributed by atoms with E-state index in [9.17, 15) is 19.7 Å². The molecular formula is C12H14N2O7. The summed E-state index contributed by atoms with van der Waals surface area (Å²) in [6.45, 7) is -1.04. The number of nitro benzene ring substituents is 1. The highest BCUT2D eigenvalue weighted by molar-refractivity contribution is 5.72. The number of hydrogen-bond donors (Lipinski definition) is 2. The molecule has 0 atom stereocenters. The summed E-state index contributed by atoms with van der Waals surface area (Å²) < 4.78 is 4.93. The molecule has 0 unspecified atom stereocenters. The van der Waals surface area contributed by atoms with Crippen LogP contribution < -0.4 is 4.74 Å². The molecule has 0 amide bonds. The second-order valence-corrected chi connectivity index (χ2v) is 4.23. The third-order valence-corrected chi connectivity index (χ3v) is 2.52. The van der Waals surface area contributed by atoms with Crippen LogP contribution in [0.1, 0.15) is 5.56 Å². The van der Waals surface area contributed by atoms with Gasteiger partial charge in [-0.1, -0.05) is 0 Å². The Labute approximate surface area is 119 Å². The van der Waals surface area contributed by atoms with Crippen LogP contribution in [-0.4, -0.2) is 52.2 Å². The first-order valence-corrected chi connectivity index (χ1v) is 5.80. The fraction of sp³-hybridized carbons (Fsp3) is 0.333. The summed E-state index contributed by atoms with van der Waals surface area (Å²) in [4.78, 5) is 32.8. The van der Waals surface area contributed by atoms with Crippen molar-refractivity contribution in [2.75, 3.05) is 20.2 Å². The summed E-state index contributed by atoms with van der Waals surface area (Å²) in [7, 11) is 1.34. The average Bonchev–Trinajstić information content (AvgIpc) is 2.36. The summed E-state index contributed by atoms with van der Waals surface area (Å²) >= 11 is 0. The van der Waals surface area contributed by atoms with Gasteiger partial charge in [-0.25, -0.2) is 0 Å². The Hall–Kier alpha value is -2.68. The fourth-order valence-corrected chi connectivity index (χ4v) is 1.77. The molecule has 1 rings (SSSR count). The molecule has 9 nitrogen and oxygen atoms in total. The third-order valence-electron chi connectivity index (χ3n) is 2.52. The molecule has 1 aromatic carbocycles. The first kappa shape index (κ1) is 16.4. The lowest BCUT2D eigenvalue weighted by Crippen LogP contribution is -2.33. The predicted octanol–water partition coefficient (Wildman–Crippen LogP) is 0.575. The van der Waals surface area contributed by atoms with Crippen molar-refractivity contribution in [1.29, 1.82) is 0 Å². The molecule has 2 N–H and O–H groups in total. The van der Waals surface area contributed by atoms with Gasteiger partial charge < -0.3 is 14.9 Å². The molecule has 0 aliphatic carbocycles. The van der Waals surface area contributed by atoms with Gasteiger partial charge in [-0.2, -0.15) is 0 Å². The van der Waals surface area contributed by atoms with E-state index in [2.05, 4.69) is 0 Å². The molecule has 0 spiro atoms. The van der Waals surface area contributed by atoms with Crippen LogP contribution in [0.3, 0.4) is 0 Å². The second-order valence-electron chi connectivity index (χ2n) is 4.23. The van der Waals surface area contributed by atoms with Crippen molar-refractivity contribution in [3.05, 3.63) is 33.9 Å². The molecule has 0 bridgehead atoms. The number of hydrogen-bond acceptors (Lipinski definition) is 6. The Morgan fingerprint density at radius 3 is 2.24 bits per heavy atom. The van der Waals surface area contributed by atoms with Crippen LogP contribution in [-0.2, 0) is 16.1 Å². The lowest BCUT2D eigenvalue weighted by Gasteiger charge is -2.18. The lowest BCUT2D eigenvalue weighted by molar-refractivity contribution is -0.385. The standard InChI is InChI=1S/C12H14N2O7/c1-21-10-3-8(2-9(4-10)14(19)20)5-13(6-11(15)16)7-12(17)18/h2-4H,5-7H2,1H3,(H,15,16)(H,17,18). The normalized spacial score (nSPS) is 10.4. The second kappa shape index (κ2) is 7.20. The Balaban J connectivity index is 3.01. The highest BCUT2D eigenvalue weighted by Crippen LogP contribution is 2.23. The lowest BCUT2D eigenvalue weighted by atomic mass is 10.1. The van der Waals surface area contributed by atoms with Crippen LogP contribution in [0.2, 0.25) is 0 Å². The molecule has 0 heterocycles. The van der Waals surface area contributed by atoms with Gasteiger partial charge in [-0.15, -0.1) is 0 Å². The average molecular weight is 298 g/mol. The molecule has 9 heteroatoms. The van der Waals surface area contributed by atoms with Crippen molar-refractivity contribution in [3.8, 4) is 5.75 Å². The minimum absolute atomic E-state index is 0.0589. The van der Waals surface area contributed by atoms with E-state index in [0.717, 1.165) is 4.90 Å². The summed E-state index contributed by atoms with van der Waals surface area (Å²) in [6, 6.07) is 3.96. The molecular weight excluding hydrogens is 284 g/mol. The molecule has 21 heavy (non-hydrogen) atoms.